The number of aryl methyl sites for hydroxylation is 1. The third kappa shape index (κ3) is 2.84. The van der Waals surface area contributed by atoms with Crippen LogP contribution in [0.4, 0.5) is 0 Å². The lowest BCUT2D eigenvalue weighted by Crippen LogP contribution is -2.40. The zero-order valence-corrected chi connectivity index (χ0v) is 14.1. The van der Waals surface area contributed by atoms with Gasteiger partial charge >= 0.3 is 0 Å². The highest BCUT2D eigenvalue weighted by Gasteiger charge is 2.34. The number of amides is 1. The molecule has 0 saturated heterocycles. The van der Waals surface area contributed by atoms with Crippen LogP contribution in [-0.2, 0) is 17.8 Å². The van der Waals surface area contributed by atoms with Crippen LogP contribution >= 0.6 is 0 Å². The number of carbonyl (C=O) groups excluding carboxylic acids is 1. The molecule has 0 spiro atoms. The average molecular weight is 331 g/mol. The standard InChI is InChI=1S/C16H21N5O3/c1-4-21-14-11(10-23-2)8-20(9-13(14)18-19-21)16(22)12-6-5-7-17-15(12)24-3/h5-7,11H,4,8-10H2,1-3H3/t11-/m1/s1. The molecule has 0 saturated carbocycles. The number of hydrogen-bond donors (Lipinski definition) is 0. The lowest BCUT2D eigenvalue weighted by atomic mass is 9.98. The zero-order valence-electron chi connectivity index (χ0n) is 14.1. The number of methoxy groups -OCH3 is 2. The number of carbonyl (C=O) groups is 1. The Morgan fingerprint density at radius 1 is 1.42 bits per heavy atom. The molecule has 0 aromatic carbocycles. The van der Waals surface area contributed by atoms with E-state index in [1.165, 1.54) is 7.11 Å². The van der Waals surface area contributed by atoms with Crippen molar-refractivity contribution in [3.63, 3.8) is 0 Å². The van der Waals surface area contributed by atoms with E-state index in [1.54, 1.807) is 30.3 Å². The van der Waals surface area contributed by atoms with Crippen LogP contribution in [0.2, 0.25) is 0 Å². The van der Waals surface area contributed by atoms with Crippen molar-refractivity contribution in [1.29, 1.82) is 0 Å². The maximum absolute atomic E-state index is 12.9. The monoisotopic (exact) mass is 331 g/mol. The first-order valence-corrected chi connectivity index (χ1v) is 7.89. The second kappa shape index (κ2) is 6.96. The number of nitrogens with zero attached hydrogens (tertiary/aromatic N) is 5. The Balaban J connectivity index is 1.91. The summed E-state index contributed by atoms with van der Waals surface area (Å²) in [6.45, 7) is 4.25. The van der Waals surface area contributed by atoms with E-state index in [2.05, 4.69) is 15.3 Å². The molecule has 0 fully saturated rings. The van der Waals surface area contributed by atoms with E-state index in [4.69, 9.17) is 9.47 Å². The number of hydrogen-bond acceptors (Lipinski definition) is 6. The summed E-state index contributed by atoms with van der Waals surface area (Å²) in [7, 11) is 3.17. The van der Waals surface area contributed by atoms with E-state index < -0.39 is 0 Å². The summed E-state index contributed by atoms with van der Waals surface area (Å²) in [5.74, 6) is 0.242. The first-order valence-electron chi connectivity index (χ1n) is 7.89. The molecule has 1 atom stereocenters. The number of pyridine rings is 1. The van der Waals surface area contributed by atoms with Crippen molar-refractivity contribution in [2.45, 2.75) is 25.9 Å². The molecule has 1 amide bonds. The number of rotatable bonds is 5. The Morgan fingerprint density at radius 2 is 2.25 bits per heavy atom. The van der Waals surface area contributed by atoms with Crippen LogP contribution in [-0.4, -0.2) is 58.2 Å². The third-order valence-electron chi connectivity index (χ3n) is 4.16. The minimum atomic E-state index is -0.127. The van der Waals surface area contributed by atoms with Crippen LogP contribution in [0.5, 0.6) is 5.88 Å². The van der Waals surface area contributed by atoms with Crippen LogP contribution in [0.25, 0.3) is 0 Å². The van der Waals surface area contributed by atoms with Gasteiger partial charge in [-0.2, -0.15) is 0 Å². The minimum Gasteiger partial charge on any atom is -0.480 e. The van der Waals surface area contributed by atoms with Gasteiger partial charge in [-0.3, -0.25) is 4.79 Å². The summed E-state index contributed by atoms with van der Waals surface area (Å²) in [4.78, 5) is 18.8. The fourth-order valence-corrected chi connectivity index (χ4v) is 3.12. The van der Waals surface area contributed by atoms with Crippen molar-refractivity contribution in [3.8, 4) is 5.88 Å². The maximum Gasteiger partial charge on any atom is 0.259 e. The van der Waals surface area contributed by atoms with Gasteiger partial charge < -0.3 is 14.4 Å². The predicted molar refractivity (Wildman–Crippen MR) is 85.8 cm³/mol. The second-order valence-electron chi connectivity index (χ2n) is 5.64. The predicted octanol–water partition coefficient (Wildman–Crippen LogP) is 1.09. The highest BCUT2D eigenvalue weighted by atomic mass is 16.5. The molecular weight excluding hydrogens is 310 g/mol. The van der Waals surface area contributed by atoms with E-state index in [9.17, 15) is 4.79 Å². The lowest BCUT2D eigenvalue weighted by molar-refractivity contribution is 0.0668. The smallest absolute Gasteiger partial charge is 0.259 e. The van der Waals surface area contributed by atoms with Crippen LogP contribution in [0.15, 0.2) is 18.3 Å². The van der Waals surface area contributed by atoms with Gasteiger partial charge in [0.05, 0.1) is 26.0 Å². The van der Waals surface area contributed by atoms with Gasteiger partial charge in [-0.25, -0.2) is 9.67 Å². The van der Waals surface area contributed by atoms with Gasteiger partial charge in [-0.15, -0.1) is 5.10 Å². The molecule has 3 rings (SSSR count). The fraction of sp³-hybridized carbons (Fsp3) is 0.500. The Morgan fingerprint density at radius 3 is 2.96 bits per heavy atom. The highest BCUT2D eigenvalue weighted by Crippen LogP contribution is 2.29. The van der Waals surface area contributed by atoms with E-state index >= 15 is 0 Å². The SMILES string of the molecule is CCn1nnc2c1[C@@H](COC)CN(C(=O)c1cccnc1OC)C2. The van der Waals surface area contributed by atoms with Crippen LogP contribution in [0, 0.1) is 0 Å². The highest BCUT2D eigenvalue weighted by molar-refractivity contribution is 5.96. The van der Waals surface area contributed by atoms with Gasteiger partial charge in [0.2, 0.25) is 5.88 Å². The second-order valence-corrected chi connectivity index (χ2v) is 5.64. The fourth-order valence-electron chi connectivity index (χ4n) is 3.12. The van der Waals surface area contributed by atoms with Crippen molar-refractivity contribution in [1.82, 2.24) is 24.9 Å². The van der Waals surface area contributed by atoms with Crippen LogP contribution < -0.4 is 4.74 Å². The number of fused-ring (bicyclic) bond motifs is 1. The molecule has 3 heterocycles. The number of ether oxygens (including phenoxy) is 2. The van der Waals surface area contributed by atoms with Gasteiger partial charge in [0.1, 0.15) is 11.3 Å². The molecule has 0 unspecified atom stereocenters. The van der Waals surface area contributed by atoms with E-state index in [-0.39, 0.29) is 11.8 Å². The molecule has 128 valence electrons. The third-order valence-corrected chi connectivity index (χ3v) is 4.16. The molecule has 2 aromatic heterocycles. The summed E-state index contributed by atoms with van der Waals surface area (Å²) in [6.07, 6.45) is 1.60. The molecule has 8 nitrogen and oxygen atoms in total. The van der Waals surface area contributed by atoms with Gasteiger partial charge in [-0.05, 0) is 19.1 Å². The zero-order chi connectivity index (χ0) is 17.1. The summed E-state index contributed by atoms with van der Waals surface area (Å²) in [6, 6.07) is 3.45. The van der Waals surface area contributed by atoms with E-state index in [0.717, 1.165) is 17.9 Å². The van der Waals surface area contributed by atoms with Crippen molar-refractivity contribution in [2.75, 3.05) is 27.4 Å². The molecule has 24 heavy (non-hydrogen) atoms. The molecule has 8 heteroatoms. The largest absolute Gasteiger partial charge is 0.480 e. The molecule has 1 aliphatic heterocycles. The van der Waals surface area contributed by atoms with Gasteiger partial charge in [0, 0.05) is 32.3 Å². The Bertz CT molecular complexity index is 730. The summed E-state index contributed by atoms with van der Waals surface area (Å²) in [5.41, 5.74) is 2.32. The minimum absolute atomic E-state index is 0.0420. The molecule has 0 N–H and O–H groups in total. The average Bonchev–Trinajstić information content (AvgIpc) is 3.04. The quantitative estimate of drug-likeness (QED) is 0.815. The first-order chi connectivity index (χ1) is 11.7. The molecule has 2 aromatic rings. The topological polar surface area (TPSA) is 82.4 Å². The van der Waals surface area contributed by atoms with Crippen LogP contribution in [0.1, 0.15) is 34.6 Å². The molecule has 0 radical (unpaired) electrons. The van der Waals surface area contributed by atoms with E-state index in [1.807, 2.05) is 11.6 Å². The summed E-state index contributed by atoms with van der Waals surface area (Å²) < 4.78 is 12.4. The Hall–Kier alpha value is -2.48. The van der Waals surface area contributed by atoms with E-state index in [0.29, 0.717) is 31.1 Å². The van der Waals surface area contributed by atoms with Crippen molar-refractivity contribution >= 4 is 5.91 Å². The Kier molecular flexibility index (Phi) is 4.75. The van der Waals surface area contributed by atoms with Crippen molar-refractivity contribution in [3.05, 3.63) is 35.3 Å². The van der Waals surface area contributed by atoms with Gasteiger partial charge in [-0.1, -0.05) is 5.21 Å². The maximum atomic E-state index is 12.9. The Labute approximate surface area is 140 Å². The number of aromatic nitrogens is 4. The summed E-state index contributed by atoms with van der Waals surface area (Å²) >= 11 is 0. The van der Waals surface area contributed by atoms with Crippen LogP contribution in [0.3, 0.4) is 0 Å². The molecule has 0 bridgehead atoms. The molecule has 0 aliphatic carbocycles. The van der Waals surface area contributed by atoms with Gasteiger partial charge in [0.25, 0.3) is 5.91 Å². The lowest BCUT2D eigenvalue weighted by Gasteiger charge is -2.32. The molecule has 1 aliphatic rings. The first kappa shape index (κ1) is 16.4. The van der Waals surface area contributed by atoms with Gasteiger partial charge in [0.15, 0.2) is 0 Å². The van der Waals surface area contributed by atoms with Crippen molar-refractivity contribution < 1.29 is 14.3 Å². The molecular formula is C16H21N5O3. The van der Waals surface area contributed by atoms with Crippen molar-refractivity contribution in [2.24, 2.45) is 0 Å². The summed E-state index contributed by atoms with van der Waals surface area (Å²) in [5, 5.41) is 8.43. The normalized spacial score (nSPS) is 16.8.